The molecule has 0 saturated carbocycles. The Labute approximate surface area is 186 Å². The third kappa shape index (κ3) is 2.92. The van der Waals surface area contributed by atoms with Gasteiger partial charge in [0.25, 0.3) is 0 Å². The van der Waals surface area contributed by atoms with Gasteiger partial charge in [0.15, 0.2) is 0 Å². The normalized spacial score (nSPS) is 22.8. The standard InChI is InChI=1S/C26H30Cl2Si/c1-7-14-29(6,25-17(4)23(27)21-15(2)10-8-12-19(21)25)26-18(5)24(28)22-16(3)11-9-13-20(22)26/h8-13,25-26H,7,14H2,1-6H3. The lowest BCUT2D eigenvalue weighted by molar-refractivity contribution is 0.900. The summed E-state index contributed by atoms with van der Waals surface area (Å²) in [5, 5.41) is 1.96. The van der Waals surface area contributed by atoms with E-state index in [1.54, 1.807) is 0 Å². The number of allylic oxidation sites excluding steroid dienone is 2. The van der Waals surface area contributed by atoms with Gasteiger partial charge in [-0.2, -0.15) is 0 Å². The first-order valence-electron chi connectivity index (χ1n) is 10.7. The van der Waals surface area contributed by atoms with Gasteiger partial charge in [0.05, 0.1) is 8.07 Å². The summed E-state index contributed by atoms with van der Waals surface area (Å²) in [5.41, 5.74) is 11.6. The van der Waals surface area contributed by atoms with Gasteiger partial charge in [-0.25, -0.2) is 0 Å². The predicted octanol–water partition coefficient (Wildman–Crippen LogP) is 8.70. The van der Waals surface area contributed by atoms with Crippen molar-refractivity contribution in [2.24, 2.45) is 0 Å². The minimum Gasteiger partial charge on any atom is -0.0837 e. The van der Waals surface area contributed by atoms with Crippen LogP contribution in [0.4, 0.5) is 0 Å². The number of hydrogen-bond donors (Lipinski definition) is 0. The highest BCUT2D eigenvalue weighted by Gasteiger charge is 2.51. The third-order valence-electron chi connectivity index (χ3n) is 7.34. The minimum atomic E-state index is -1.93. The molecule has 3 heteroatoms. The maximum Gasteiger partial charge on any atom is 0.0753 e. The second-order valence-electron chi connectivity index (χ2n) is 9.19. The average Bonchev–Trinajstić information content (AvgIpc) is 3.09. The molecule has 0 fully saturated rings. The summed E-state index contributed by atoms with van der Waals surface area (Å²) in [5.74, 6) is 0. The van der Waals surface area contributed by atoms with E-state index in [0.717, 1.165) is 10.1 Å². The molecule has 0 spiro atoms. The number of benzene rings is 2. The topological polar surface area (TPSA) is 0 Å². The number of halogens is 2. The summed E-state index contributed by atoms with van der Waals surface area (Å²) in [7, 11) is -1.93. The SMILES string of the molecule is CCC[Si](C)(C1C(C)=C(Cl)c2c(C)cccc21)C1C(C)=C(Cl)c2c(C)cccc21. The molecule has 0 radical (unpaired) electrons. The van der Waals surface area contributed by atoms with E-state index in [1.807, 2.05) is 0 Å². The molecule has 0 bridgehead atoms. The highest BCUT2D eigenvalue weighted by molar-refractivity contribution is 6.83. The van der Waals surface area contributed by atoms with E-state index >= 15 is 0 Å². The molecule has 0 amide bonds. The molecule has 0 N–H and O–H groups in total. The lowest BCUT2D eigenvalue weighted by Gasteiger charge is -2.42. The van der Waals surface area contributed by atoms with E-state index in [1.165, 1.54) is 57.0 Å². The van der Waals surface area contributed by atoms with Crippen LogP contribution in [0.1, 0.15) is 71.7 Å². The molecule has 2 atom stereocenters. The fourth-order valence-electron chi connectivity index (χ4n) is 6.27. The van der Waals surface area contributed by atoms with Crippen molar-refractivity contribution in [3.63, 3.8) is 0 Å². The summed E-state index contributed by atoms with van der Waals surface area (Å²) in [6.45, 7) is 13.8. The number of rotatable bonds is 4. The van der Waals surface area contributed by atoms with E-state index in [4.69, 9.17) is 23.2 Å². The van der Waals surface area contributed by atoms with Crippen LogP contribution in [0, 0.1) is 13.8 Å². The van der Waals surface area contributed by atoms with Gasteiger partial charge in [0, 0.05) is 21.1 Å². The molecule has 0 nitrogen and oxygen atoms in total. The van der Waals surface area contributed by atoms with Crippen LogP contribution in [0.25, 0.3) is 10.1 Å². The zero-order valence-electron chi connectivity index (χ0n) is 18.3. The summed E-state index contributed by atoms with van der Waals surface area (Å²) >= 11 is 13.9. The number of aryl methyl sites for hydroxylation is 2. The highest BCUT2D eigenvalue weighted by atomic mass is 35.5. The fourth-order valence-corrected chi connectivity index (χ4v) is 13.3. The van der Waals surface area contributed by atoms with Crippen LogP contribution in [0.3, 0.4) is 0 Å². The third-order valence-corrected chi connectivity index (χ3v) is 14.0. The summed E-state index contributed by atoms with van der Waals surface area (Å²) in [6.07, 6.45) is 1.19. The van der Waals surface area contributed by atoms with Gasteiger partial charge in [-0.15, -0.1) is 0 Å². The molecule has 29 heavy (non-hydrogen) atoms. The molecule has 2 aliphatic carbocycles. The van der Waals surface area contributed by atoms with E-state index in [0.29, 0.717) is 11.1 Å². The molecule has 2 unspecified atom stereocenters. The maximum atomic E-state index is 6.96. The monoisotopic (exact) mass is 440 g/mol. The van der Waals surface area contributed by atoms with Gasteiger partial charge in [0.2, 0.25) is 0 Å². The Morgan fingerprint density at radius 3 is 1.55 bits per heavy atom. The Morgan fingerprint density at radius 1 is 0.759 bits per heavy atom. The van der Waals surface area contributed by atoms with Gasteiger partial charge in [-0.05, 0) is 72.2 Å². The van der Waals surface area contributed by atoms with Crippen molar-refractivity contribution in [3.8, 4) is 0 Å². The van der Waals surface area contributed by atoms with Crippen molar-refractivity contribution in [1.82, 2.24) is 0 Å². The number of hydrogen-bond acceptors (Lipinski definition) is 0. The minimum absolute atomic E-state index is 0.431. The van der Waals surface area contributed by atoms with Crippen LogP contribution in [0.15, 0.2) is 47.5 Å². The zero-order valence-corrected chi connectivity index (χ0v) is 20.8. The molecule has 0 aliphatic heterocycles. The number of fused-ring (bicyclic) bond motifs is 2. The van der Waals surface area contributed by atoms with Gasteiger partial charge in [-0.1, -0.05) is 85.5 Å². The molecule has 2 aliphatic rings. The van der Waals surface area contributed by atoms with Crippen molar-refractivity contribution in [3.05, 3.63) is 80.9 Å². The summed E-state index contributed by atoms with van der Waals surface area (Å²) in [4.78, 5) is 0. The Morgan fingerprint density at radius 2 is 1.17 bits per heavy atom. The first-order chi connectivity index (χ1) is 13.7. The van der Waals surface area contributed by atoms with E-state index in [2.05, 4.69) is 77.6 Å². The van der Waals surface area contributed by atoms with Crippen molar-refractivity contribution in [2.45, 2.75) is 64.7 Å². The average molecular weight is 442 g/mol. The fraction of sp³-hybridized carbons (Fsp3) is 0.385. The molecule has 152 valence electrons. The van der Waals surface area contributed by atoms with E-state index in [-0.39, 0.29) is 0 Å². The van der Waals surface area contributed by atoms with Gasteiger partial charge in [-0.3, -0.25) is 0 Å². The van der Waals surface area contributed by atoms with E-state index in [9.17, 15) is 0 Å². The molecule has 0 saturated heterocycles. The van der Waals surface area contributed by atoms with Crippen LogP contribution >= 0.6 is 23.2 Å². The molecule has 0 aromatic heterocycles. The summed E-state index contributed by atoms with van der Waals surface area (Å²) in [6, 6.07) is 14.7. The van der Waals surface area contributed by atoms with Gasteiger partial charge in [0.1, 0.15) is 0 Å². The lowest BCUT2D eigenvalue weighted by atomic mass is 10.0. The van der Waals surface area contributed by atoms with Crippen molar-refractivity contribution in [2.75, 3.05) is 0 Å². The Bertz CT molecular complexity index is 981. The molecule has 4 rings (SSSR count). The second kappa shape index (κ2) is 7.44. The Hall–Kier alpha value is -1.28. The zero-order chi connectivity index (χ0) is 21.1. The quantitative estimate of drug-likeness (QED) is 0.416. The second-order valence-corrected chi connectivity index (χ2v) is 14.6. The lowest BCUT2D eigenvalue weighted by Crippen LogP contribution is -2.45. The molecule has 2 aromatic rings. The Kier molecular flexibility index (Phi) is 5.38. The first kappa shape index (κ1) is 21.0. The largest absolute Gasteiger partial charge is 0.0837 e. The van der Waals surface area contributed by atoms with Crippen molar-refractivity contribution < 1.29 is 0 Å². The smallest absolute Gasteiger partial charge is 0.0753 e. The van der Waals surface area contributed by atoms with Crippen LogP contribution in [0.5, 0.6) is 0 Å². The summed E-state index contributed by atoms with van der Waals surface area (Å²) < 4.78 is 0. The van der Waals surface area contributed by atoms with Crippen LogP contribution < -0.4 is 0 Å². The molecular weight excluding hydrogens is 411 g/mol. The Balaban J connectivity index is 1.97. The first-order valence-corrected chi connectivity index (χ1v) is 14.3. The van der Waals surface area contributed by atoms with E-state index < -0.39 is 8.07 Å². The molecular formula is C26H30Cl2Si. The molecule has 2 aromatic carbocycles. The van der Waals surface area contributed by atoms with Crippen molar-refractivity contribution >= 4 is 41.3 Å². The van der Waals surface area contributed by atoms with Gasteiger partial charge >= 0.3 is 0 Å². The highest BCUT2D eigenvalue weighted by Crippen LogP contribution is 2.58. The van der Waals surface area contributed by atoms with Crippen LogP contribution in [0.2, 0.25) is 12.6 Å². The molecule has 0 heterocycles. The van der Waals surface area contributed by atoms with Gasteiger partial charge < -0.3 is 0 Å². The maximum absolute atomic E-state index is 6.96. The van der Waals surface area contributed by atoms with Crippen LogP contribution in [-0.4, -0.2) is 8.07 Å². The predicted molar refractivity (Wildman–Crippen MR) is 131 cm³/mol. The van der Waals surface area contributed by atoms with Crippen LogP contribution in [-0.2, 0) is 0 Å². The van der Waals surface area contributed by atoms with Crippen molar-refractivity contribution in [1.29, 1.82) is 0 Å².